The van der Waals surface area contributed by atoms with Crippen LogP contribution in [0.1, 0.15) is 87.6 Å². The number of aromatic nitrogens is 1. The number of ether oxygens (including phenoxy) is 6. The van der Waals surface area contributed by atoms with Crippen LogP contribution in [-0.4, -0.2) is 103 Å². The molecule has 324 valence electrons. The Hall–Kier alpha value is -4.54. The van der Waals surface area contributed by atoms with E-state index in [4.69, 9.17) is 40.6 Å². The van der Waals surface area contributed by atoms with Crippen LogP contribution in [0.3, 0.4) is 0 Å². The fraction of sp³-hybridized carbons (Fsp3) is 0.595. The number of nitrogens with one attached hydrogen (secondary N) is 2. The molecule has 1 atom stereocenters. The van der Waals surface area contributed by atoms with Gasteiger partial charge in [0, 0.05) is 69.7 Å². The van der Waals surface area contributed by atoms with Crippen molar-refractivity contribution in [2.75, 3.05) is 52.9 Å². The van der Waals surface area contributed by atoms with Crippen LogP contribution in [-0.2, 0) is 30.3 Å². The first-order chi connectivity index (χ1) is 27.4. The lowest BCUT2D eigenvalue weighted by Gasteiger charge is -2.39. The summed E-state index contributed by atoms with van der Waals surface area (Å²) in [4.78, 5) is 47.1. The van der Waals surface area contributed by atoms with Gasteiger partial charge in [0.05, 0.1) is 31.2 Å². The van der Waals surface area contributed by atoms with Gasteiger partial charge in [-0.05, 0) is 72.6 Å². The third-order valence-electron chi connectivity index (χ3n) is 8.50. The number of rotatable bonds is 14. The van der Waals surface area contributed by atoms with Crippen LogP contribution in [0.15, 0.2) is 47.9 Å². The molecular formula is C42H64FN5O9S. The standard InChI is InChI=1S/C38H52FN5O9S.2C2H6/c1-37(2,3)52-35(46)43-19-23(20-43)22-51-28-18-40-16-15-24(28)17-41-31-25(13-14-29(48-7)49-8)21-44(36(47)53-38(4,5)6)34(45)30(31)33(54)42-27-12-10-11-26(39)32(27)50-9;2*1-2/h10-12,15-16,18,23,25,29,41H,13-14,17,19-22H2,1-9H3,(H,42,54);2*1-2H3. The van der Waals surface area contributed by atoms with Crippen LogP contribution in [0.2, 0.25) is 0 Å². The number of methoxy groups -OCH3 is 3. The summed E-state index contributed by atoms with van der Waals surface area (Å²) in [5.41, 5.74) is -0.0865. The quantitative estimate of drug-likeness (QED) is 0.140. The Kier molecular flexibility index (Phi) is 19.8. The number of amides is 3. The maximum absolute atomic E-state index is 14.7. The number of likely N-dealkylation sites (tertiary alicyclic amines) is 1. The molecule has 1 unspecified atom stereocenters. The van der Waals surface area contributed by atoms with E-state index in [0.717, 1.165) is 10.5 Å². The van der Waals surface area contributed by atoms with E-state index in [0.29, 0.717) is 44.0 Å². The molecule has 0 radical (unpaired) electrons. The summed E-state index contributed by atoms with van der Waals surface area (Å²) in [6.45, 7) is 20.1. The molecule has 58 heavy (non-hydrogen) atoms. The van der Waals surface area contributed by atoms with Gasteiger partial charge in [0.2, 0.25) is 0 Å². The summed E-state index contributed by atoms with van der Waals surface area (Å²) in [6.07, 6.45) is 2.31. The number of para-hydroxylation sites is 1. The van der Waals surface area contributed by atoms with Crippen LogP contribution >= 0.6 is 12.2 Å². The topological polar surface area (TPSA) is 150 Å². The largest absolute Gasteiger partial charge is 0.492 e. The van der Waals surface area contributed by atoms with Crippen molar-refractivity contribution in [2.24, 2.45) is 11.8 Å². The summed E-state index contributed by atoms with van der Waals surface area (Å²) in [5, 5.41) is 6.41. The van der Waals surface area contributed by atoms with Crippen LogP contribution in [0.5, 0.6) is 11.5 Å². The summed E-state index contributed by atoms with van der Waals surface area (Å²) >= 11 is 5.84. The lowest BCUT2D eigenvalue weighted by Crippen LogP contribution is -2.53. The van der Waals surface area contributed by atoms with E-state index in [1.54, 1.807) is 50.2 Å². The van der Waals surface area contributed by atoms with Gasteiger partial charge in [-0.3, -0.25) is 9.78 Å². The molecular weight excluding hydrogens is 770 g/mol. The molecule has 0 saturated carbocycles. The van der Waals surface area contributed by atoms with Crippen molar-refractivity contribution in [3.8, 4) is 11.5 Å². The highest BCUT2D eigenvalue weighted by Gasteiger charge is 2.41. The molecule has 3 amide bonds. The minimum Gasteiger partial charge on any atom is -0.492 e. The molecule has 2 aromatic rings. The molecule has 2 N–H and O–H groups in total. The van der Waals surface area contributed by atoms with Gasteiger partial charge in [-0.25, -0.2) is 18.9 Å². The SMILES string of the molecule is CC.CC.COc1c(F)cccc1NC(=S)C1=C(NCc2ccncc2OCC2CN(C(=O)OC(C)(C)C)C2)C(CCC(OC)OC)CN(C(=O)OC(C)(C)C)C1=O. The van der Waals surface area contributed by atoms with E-state index in [2.05, 4.69) is 15.6 Å². The maximum Gasteiger partial charge on any atom is 0.417 e. The lowest BCUT2D eigenvalue weighted by atomic mass is 9.90. The highest BCUT2D eigenvalue weighted by atomic mass is 32.1. The number of carbonyl (C=O) groups is 3. The fourth-order valence-corrected chi connectivity index (χ4v) is 6.22. The van der Waals surface area contributed by atoms with E-state index in [9.17, 15) is 18.8 Å². The highest BCUT2D eigenvalue weighted by Crippen LogP contribution is 2.33. The Bertz CT molecular complexity index is 1700. The van der Waals surface area contributed by atoms with Gasteiger partial charge in [0.1, 0.15) is 21.9 Å². The van der Waals surface area contributed by atoms with Crippen molar-refractivity contribution < 1.29 is 47.2 Å². The molecule has 14 nitrogen and oxygen atoms in total. The van der Waals surface area contributed by atoms with Crippen LogP contribution in [0.4, 0.5) is 19.7 Å². The first-order valence-electron chi connectivity index (χ1n) is 19.7. The number of imide groups is 1. The Morgan fingerprint density at radius 3 is 2.16 bits per heavy atom. The molecule has 2 aliphatic heterocycles. The molecule has 0 spiro atoms. The van der Waals surface area contributed by atoms with Crippen LogP contribution in [0, 0.1) is 17.7 Å². The zero-order valence-corrected chi connectivity index (χ0v) is 37.3. The van der Waals surface area contributed by atoms with E-state index < -0.39 is 41.2 Å². The van der Waals surface area contributed by atoms with Gasteiger partial charge < -0.3 is 44.0 Å². The second kappa shape index (κ2) is 23.2. The summed E-state index contributed by atoms with van der Waals surface area (Å²) in [5.74, 6) is -1.29. The molecule has 0 aliphatic carbocycles. The molecule has 16 heteroatoms. The van der Waals surface area contributed by atoms with Gasteiger partial charge >= 0.3 is 12.2 Å². The summed E-state index contributed by atoms with van der Waals surface area (Å²) in [7, 11) is 4.38. The van der Waals surface area contributed by atoms with E-state index in [-0.39, 0.29) is 47.1 Å². The zero-order chi connectivity index (χ0) is 43.8. The molecule has 4 rings (SSSR count). The number of hydrogen-bond acceptors (Lipinski definition) is 12. The Morgan fingerprint density at radius 2 is 1.57 bits per heavy atom. The molecule has 2 aliphatic rings. The van der Waals surface area contributed by atoms with Crippen LogP contribution < -0.4 is 20.1 Å². The predicted octanol–water partition coefficient (Wildman–Crippen LogP) is 8.10. The van der Waals surface area contributed by atoms with Crippen molar-refractivity contribution >= 4 is 41.0 Å². The predicted molar refractivity (Wildman–Crippen MR) is 225 cm³/mol. The first kappa shape index (κ1) is 49.6. The third-order valence-corrected chi connectivity index (χ3v) is 8.81. The number of halogens is 1. The minimum absolute atomic E-state index is 0.00182. The van der Waals surface area contributed by atoms with Crippen molar-refractivity contribution in [1.82, 2.24) is 20.1 Å². The van der Waals surface area contributed by atoms with Crippen molar-refractivity contribution in [1.29, 1.82) is 0 Å². The smallest absolute Gasteiger partial charge is 0.417 e. The summed E-state index contributed by atoms with van der Waals surface area (Å²) in [6, 6.07) is 6.08. The Morgan fingerprint density at radius 1 is 0.948 bits per heavy atom. The third kappa shape index (κ3) is 14.4. The van der Waals surface area contributed by atoms with Crippen molar-refractivity contribution in [2.45, 2.75) is 106 Å². The number of nitrogens with zero attached hydrogens (tertiary/aromatic N) is 3. The zero-order valence-electron chi connectivity index (χ0n) is 36.4. The Labute approximate surface area is 349 Å². The second-order valence-corrected chi connectivity index (χ2v) is 15.4. The molecule has 1 aromatic carbocycles. The molecule has 1 fully saturated rings. The highest BCUT2D eigenvalue weighted by molar-refractivity contribution is 7.81. The monoisotopic (exact) mass is 833 g/mol. The fourth-order valence-electron chi connectivity index (χ4n) is 5.91. The minimum atomic E-state index is -0.884. The average Bonchev–Trinajstić information content (AvgIpc) is 3.14. The average molecular weight is 834 g/mol. The Balaban J connectivity index is 0.00000281. The maximum atomic E-state index is 14.7. The summed E-state index contributed by atoms with van der Waals surface area (Å²) < 4.78 is 48.2. The lowest BCUT2D eigenvalue weighted by molar-refractivity contribution is -0.127. The van der Waals surface area contributed by atoms with Crippen molar-refractivity contribution in [3.63, 3.8) is 0 Å². The van der Waals surface area contributed by atoms with Crippen LogP contribution in [0.25, 0.3) is 0 Å². The van der Waals surface area contributed by atoms with Gasteiger partial charge in [0.15, 0.2) is 17.9 Å². The second-order valence-electron chi connectivity index (χ2n) is 15.0. The van der Waals surface area contributed by atoms with Gasteiger partial charge in [-0.2, -0.15) is 0 Å². The molecule has 3 heterocycles. The molecule has 0 bridgehead atoms. The van der Waals surface area contributed by atoms with E-state index in [1.807, 2.05) is 48.5 Å². The van der Waals surface area contributed by atoms with E-state index >= 15 is 0 Å². The number of thiocarbonyl (C=S) groups is 1. The van der Waals surface area contributed by atoms with E-state index in [1.165, 1.54) is 33.5 Å². The normalized spacial score (nSPS) is 15.6. The molecule has 1 saturated heterocycles. The number of pyridine rings is 1. The number of benzene rings is 1. The number of carbonyl (C=O) groups excluding carboxylic acids is 3. The van der Waals surface area contributed by atoms with Gasteiger partial charge in [-0.15, -0.1) is 0 Å². The number of anilines is 1. The van der Waals surface area contributed by atoms with Gasteiger partial charge in [-0.1, -0.05) is 46.0 Å². The first-order valence-corrected chi connectivity index (χ1v) is 20.1. The molecule has 1 aromatic heterocycles. The van der Waals surface area contributed by atoms with Crippen molar-refractivity contribution in [3.05, 3.63) is 59.3 Å². The van der Waals surface area contributed by atoms with Gasteiger partial charge in [0.25, 0.3) is 5.91 Å². The number of hydrogen-bond donors (Lipinski definition) is 2.